The van der Waals surface area contributed by atoms with Gasteiger partial charge in [0.05, 0.1) is 4.90 Å². The fourth-order valence-electron chi connectivity index (χ4n) is 1.62. The number of aryl methyl sites for hydroxylation is 1. The first-order chi connectivity index (χ1) is 8.74. The minimum Gasteiger partial charge on any atom is -0.326 e. The lowest BCUT2D eigenvalue weighted by Gasteiger charge is -2.12. The molecule has 1 atom stereocenters. The van der Waals surface area contributed by atoms with Crippen LogP contribution < -0.4 is 10.5 Å². The Morgan fingerprint density at radius 2 is 2.05 bits per heavy atom. The van der Waals surface area contributed by atoms with Gasteiger partial charge in [-0.05, 0) is 36.6 Å². The van der Waals surface area contributed by atoms with Gasteiger partial charge in [0.1, 0.15) is 0 Å². The topological polar surface area (TPSA) is 89.3 Å². The maximum Gasteiger partial charge on any atom is 0.238 e. The summed E-state index contributed by atoms with van der Waals surface area (Å²) in [7, 11) is -3.71. The number of hydrogen-bond acceptors (Lipinski definition) is 3. The van der Waals surface area contributed by atoms with Crippen molar-refractivity contribution in [3.05, 3.63) is 23.8 Å². The van der Waals surface area contributed by atoms with E-state index in [4.69, 9.17) is 5.14 Å². The lowest BCUT2D eigenvalue weighted by molar-refractivity contribution is -0.117. The van der Waals surface area contributed by atoms with Gasteiger partial charge in [0.2, 0.25) is 15.9 Å². The minimum absolute atomic E-state index is 0.0462. The number of nitrogens with one attached hydrogen (secondary N) is 1. The standard InChI is InChI=1S/C13H20N2O3S/c1-4-9(2)7-13(16)15-12-6-5-11(8-10(12)3)19(14,17)18/h5-6,8-9H,4,7H2,1-3H3,(H,15,16)(H2,14,17,18). The Balaban J connectivity index is 2.84. The maximum atomic E-state index is 11.8. The first-order valence-corrected chi connectivity index (χ1v) is 7.72. The molecule has 0 aliphatic heterocycles. The summed E-state index contributed by atoms with van der Waals surface area (Å²) in [6.07, 6.45) is 1.39. The second-order valence-electron chi connectivity index (χ2n) is 4.79. The average Bonchev–Trinajstić information content (AvgIpc) is 2.30. The molecule has 0 spiro atoms. The van der Waals surface area contributed by atoms with E-state index in [9.17, 15) is 13.2 Å². The largest absolute Gasteiger partial charge is 0.326 e. The molecule has 0 saturated carbocycles. The van der Waals surface area contributed by atoms with Crippen molar-refractivity contribution in [2.24, 2.45) is 11.1 Å². The summed E-state index contributed by atoms with van der Waals surface area (Å²) in [5.41, 5.74) is 1.28. The molecule has 0 bridgehead atoms. The molecular formula is C13H20N2O3S. The highest BCUT2D eigenvalue weighted by Gasteiger charge is 2.12. The van der Waals surface area contributed by atoms with Gasteiger partial charge in [-0.2, -0.15) is 0 Å². The lowest BCUT2D eigenvalue weighted by Crippen LogP contribution is -2.16. The molecular weight excluding hydrogens is 264 g/mol. The van der Waals surface area contributed by atoms with Gasteiger partial charge in [0.25, 0.3) is 0 Å². The molecule has 0 aromatic heterocycles. The molecule has 3 N–H and O–H groups in total. The Morgan fingerprint density at radius 1 is 1.42 bits per heavy atom. The summed E-state index contributed by atoms with van der Waals surface area (Å²) in [5, 5.41) is 7.83. The molecule has 0 aliphatic rings. The van der Waals surface area contributed by atoms with Crippen molar-refractivity contribution in [1.82, 2.24) is 0 Å². The van der Waals surface area contributed by atoms with Crippen LogP contribution in [0.1, 0.15) is 32.3 Å². The molecule has 0 aliphatic carbocycles. The highest BCUT2D eigenvalue weighted by Crippen LogP contribution is 2.19. The third-order valence-electron chi connectivity index (χ3n) is 3.03. The van der Waals surface area contributed by atoms with Crippen LogP contribution in [-0.4, -0.2) is 14.3 Å². The first-order valence-electron chi connectivity index (χ1n) is 6.17. The number of rotatable bonds is 5. The van der Waals surface area contributed by atoms with E-state index in [0.717, 1.165) is 6.42 Å². The minimum atomic E-state index is -3.71. The van der Waals surface area contributed by atoms with Crippen molar-refractivity contribution in [1.29, 1.82) is 0 Å². The molecule has 0 fully saturated rings. The Labute approximate surface area is 114 Å². The van der Waals surface area contributed by atoms with Crippen molar-refractivity contribution < 1.29 is 13.2 Å². The third kappa shape index (κ3) is 4.65. The van der Waals surface area contributed by atoms with Crippen molar-refractivity contribution in [3.63, 3.8) is 0 Å². The van der Waals surface area contributed by atoms with Crippen molar-refractivity contribution in [2.45, 2.75) is 38.5 Å². The van der Waals surface area contributed by atoms with Gasteiger partial charge in [-0.3, -0.25) is 4.79 Å². The van der Waals surface area contributed by atoms with Crippen LogP contribution in [-0.2, 0) is 14.8 Å². The SMILES string of the molecule is CCC(C)CC(=O)Nc1ccc(S(N)(=O)=O)cc1C. The Kier molecular flexibility index (Phi) is 5.08. The lowest BCUT2D eigenvalue weighted by atomic mass is 10.0. The number of primary sulfonamides is 1. The van der Waals surface area contributed by atoms with Gasteiger partial charge in [-0.1, -0.05) is 20.3 Å². The fourth-order valence-corrected chi connectivity index (χ4v) is 2.21. The molecule has 0 saturated heterocycles. The van der Waals surface area contributed by atoms with Crippen molar-refractivity contribution in [2.75, 3.05) is 5.32 Å². The van der Waals surface area contributed by atoms with Gasteiger partial charge in [0.15, 0.2) is 0 Å². The van der Waals surface area contributed by atoms with Crippen LogP contribution in [0.4, 0.5) is 5.69 Å². The zero-order valence-corrected chi connectivity index (χ0v) is 12.3. The number of hydrogen-bond donors (Lipinski definition) is 2. The molecule has 1 rings (SSSR count). The first kappa shape index (κ1) is 15.7. The molecule has 5 nitrogen and oxygen atoms in total. The number of anilines is 1. The van der Waals surface area contributed by atoms with Crippen LogP contribution in [0, 0.1) is 12.8 Å². The van der Waals surface area contributed by atoms with Gasteiger partial charge in [-0.15, -0.1) is 0 Å². The normalized spacial score (nSPS) is 13.1. The predicted octanol–water partition coefficient (Wildman–Crippen LogP) is 2.02. The summed E-state index contributed by atoms with van der Waals surface area (Å²) in [4.78, 5) is 11.8. The molecule has 6 heteroatoms. The Morgan fingerprint density at radius 3 is 2.53 bits per heavy atom. The monoisotopic (exact) mass is 284 g/mol. The second-order valence-corrected chi connectivity index (χ2v) is 6.35. The molecule has 1 aromatic rings. The Bertz CT molecular complexity index is 567. The summed E-state index contributed by atoms with van der Waals surface area (Å²) >= 11 is 0. The summed E-state index contributed by atoms with van der Waals surface area (Å²) in [6, 6.07) is 4.40. The quantitative estimate of drug-likeness (QED) is 0.866. The van der Waals surface area contributed by atoms with Crippen LogP contribution in [0.15, 0.2) is 23.1 Å². The van der Waals surface area contributed by atoms with Crippen molar-refractivity contribution >= 4 is 21.6 Å². The van der Waals surface area contributed by atoms with Gasteiger partial charge in [-0.25, -0.2) is 13.6 Å². The summed E-state index contributed by atoms with van der Waals surface area (Å²) in [6.45, 7) is 5.77. The number of carbonyl (C=O) groups excluding carboxylic acids is 1. The highest BCUT2D eigenvalue weighted by atomic mass is 32.2. The molecule has 0 radical (unpaired) electrons. The van der Waals surface area contributed by atoms with E-state index in [0.29, 0.717) is 23.6 Å². The smallest absolute Gasteiger partial charge is 0.238 e. The molecule has 1 amide bonds. The summed E-state index contributed by atoms with van der Waals surface area (Å²) in [5.74, 6) is 0.254. The van der Waals surface area contributed by atoms with Gasteiger partial charge >= 0.3 is 0 Å². The molecule has 1 aromatic carbocycles. The average molecular weight is 284 g/mol. The van der Waals surface area contributed by atoms with Gasteiger partial charge in [0, 0.05) is 12.1 Å². The second kappa shape index (κ2) is 6.16. The van der Waals surface area contributed by atoms with Crippen LogP contribution in [0.3, 0.4) is 0 Å². The summed E-state index contributed by atoms with van der Waals surface area (Å²) < 4.78 is 22.4. The zero-order valence-electron chi connectivity index (χ0n) is 11.4. The van der Waals surface area contributed by atoms with Crippen molar-refractivity contribution in [3.8, 4) is 0 Å². The number of benzene rings is 1. The van der Waals surface area contributed by atoms with E-state index in [-0.39, 0.29) is 10.8 Å². The molecule has 19 heavy (non-hydrogen) atoms. The third-order valence-corrected chi connectivity index (χ3v) is 3.94. The Hall–Kier alpha value is -1.40. The van der Waals surface area contributed by atoms with E-state index in [1.807, 2.05) is 13.8 Å². The maximum absolute atomic E-state index is 11.8. The van der Waals surface area contributed by atoms with Crippen LogP contribution in [0.25, 0.3) is 0 Å². The van der Waals surface area contributed by atoms with E-state index in [1.165, 1.54) is 12.1 Å². The number of nitrogens with two attached hydrogens (primary N) is 1. The number of sulfonamides is 1. The molecule has 1 unspecified atom stereocenters. The van der Waals surface area contributed by atoms with E-state index in [1.54, 1.807) is 13.0 Å². The number of carbonyl (C=O) groups is 1. The number of amides is 1. The van der Waals surface area contributed by atoms with E-state index >= 15 is 0 Å². The molecule has 106 valence electrons. The van der Waals surface area contributed by atoms with Gasteiger partial charge < -0.3 is 5.32 Å². The zero-order chi connectivity index (χ0) is 14.6. The fraction of sp³-hybridized carbons (Fsp3) is 0.462. The van der Waals surface area contributed by atoms with Crippen LogP contribution in [0.5, 0.6) is 0 Å². The highest BCUT2D eigenvalue weighted by molar-refractivity contribution is 7.89. The van der Waals surface area contributed by atoms with E-state index < -0.39 is 10.0 Å². The molecule has 0 heterocycles. The van der Waals surface area contributed by atoms with Crippen LogP contribution >= 0.6 is 0 Å². The van der Waals surface area contributed by atoms with Crippen LogP contribution in [0.2, 0.25) is 0 Å². The predicted molar refractivity (Wildman–Crippen MR) is 75.3 cm³/mol. The van der Waals surface area contributed by atoms with E-state index in [2.05, 4.69) is 5.32 Å².